The van der Waals surface area contributed by atoms with Crippen molar-refractivity contribution in [3.63, 3.8) is 0 Å². The molecule has 4 heteroatoms. The zero-order valence-electron chi connectivity index (χ0n) is 10.6. The molecule has 0 aromatic heterocycles. The van der Waals surface area contributed by atoms with Crippen LogP contribution in [0.3, 0.4) is 0 Å². The van der Waals surface area contributed by atoms with E-state index in [9.17, 15) is 4.21 Å². The zero-order chi connectivity index (χ0) is 14.4. The van der Waals surface area contributed by atoms with Crippen LogP contribution in [0.15, 0.2) is 53.9 Å². The first-order valence-corrected chi connectivity index (χ1v) is 7.73. The average molecular weight is 302 g/mol. The summed E-state index contributed by atoms with van der Waals surface area (Å²) in [5.74, 6) is 0.440. The van der Waals surface area contributed by atoms with Gasteiger partial charge in [0.25, 0.3) is 0 Å². The number of rotatable bonds is 4. The van der Waals surface area contributed by atoms with E-state index in [1.54, 1.807) is 29.7 Å². The SMILES string of the molecule is N#Cc1ccc(CS(=O)C=Cc2ccc(Cl)cc2)cc1. The van der Waals surface area contributed by atoms with Crippen molar-refractivity contribution in [2.45, 2.75) is 5.75 Å². The number of nitriles is 1. The fourth-order valence-electron chi connectivity index (χ4n) is 1.62. The van der Waals surface area contributed by atoms with Crippen LogP contribution in [-0.4, -0.2) is 4.21 Å². The van der Waals surface area contributed by atoms with Crippen molar-refractivity contribution >= 4 is 28.5 Å². The van der Waals surface area contributed by atoms with Crippen LogP contribution in [0, 0.1) is 11.3 Å². The Bertz CT molecular complexity index is 669. The predicted molar refractivity (Wildman–Crippen MR) is 83.5 cm³/mol. The minimum absolute atomic E-state index is 0.440. The largest absolute Gasteiger partial charge is 0.255 e. The molecule has 0 radical (unpaired) electrons. The maximum Gasteiger partial charge on any atom is 0.0991 e. The molecule has 0 aliphatic carbocycles. The van der Waals surface area contributed by atoms with Gasteiger partial charge in [0.1, 0.15) is 0 Å². The molecule has 0 spiro atoms. The minimum atomic E-state index is -1.08. The van der Waals surface area contributed by atoms with Crippen molar-refractivity contribution in [3.8, 4) is 6.07 Å². The molecule has 2 aromatic rings. The van der Waals surface area contributed by atoms with Crippen LogP contribution in [0.4, 0.5) is 0 Å². The summed E-state index contributed by atoms with van der Waals surface area (Å²) in [4.78, 5) is 0. The second kappa shape index (κ2) is 7.04. The first-order valence-electron chi connectivity index (χ1n) is 5.97. The molecule has 20 heavy (non-hydrogen) atoms. The van der Waals surface area contributed by atoms with Gasteiger partial charge >= 0.3 is 0 Å². The summed E-state index contributed by atoms with van der Waals surface area (Å²) >= 11 is 5.80. The summed E-state index contributed by atoms with van der Waals surface area (Å²) in [5, 5.41) is 11.1. The van der Waals surface area contributed by atoms with E-state index in [4.69, 9.17) is 16.9 Å². The number of hydrogen-bond acceptors (Lipinski definition) is 2. The predicted octanol–water partition coefficient (Wildman–Crippen LogP) is 4.13. The van der Waals surface area contributed by atoms with E-state index < -0.39 is 10.8 Å². The molecule has 0 aliphatic heterocycles. The quantitative estimate of drug-likeness (QED) is 0.852. The van der Waals surface area contributed by atoms with Gasteiger partial charge in [0.05, 0.1) is 28.2 Å². The van der Waals surface area contributed by atoms with Gasteiger partial charge in [-0.1, -0.05) is 35.9 Å². The zero-order valence-corrected chi connectivity index (χ0v) is 12.2. The summed E-state index contributed by atoms with van der Waals surface area (Å²) in [6, 6.07) is 16.5. The number of hydrogen-bond donors (Lipinski definition) is 0. The normalized spacial score (nSPS) is 12.2. The average Bonchev–Trinajstić information content (AvgIpc) is 2.47. The molecular weight excluding hydrogens is 290 g/mol. The molecule has 1 unspecified atom stereocenters. The third kappa shape index (κ3) is 4.34. The van der Waals surface area contributed by atoms with Gasteiger partial charge in [-0.25, -0.2) is 0 Å². The number of halogens is 1. The van der Waals surface area contributed by atoms with Gasteiger partial charge in [0.15, 0.2) is 0 Å². The lowest BCUT2D eigenvalue weighted by molar-refractivity contribution is 0.688. The molecule has 0 N–H and O–H groups in total. The van der Waals surface area contributed by atoms with E-state index in [1.165, 1.54) is 0 Å². The van der Waals surface area contributed by atoms with Crippen molar-refractivity contribution in [1.29, 1.82) is 5.26 Å². The first kappa shape index (κ1) is 14.5. The number of benzene rings is 2. The van der Waals surface area contributed by atoms with Crippen molar-refractivity contribution in [2.75, 3.05) is 0 Å². The second-order valence-electron chi connectivity index (χ2n) is 4.19. The Kier molecular flexibility index (Phi) is 5.11. The summed E-state index contributed by atoms with van der Waals surface area (Å²) < 4.78 is 11.9. The highest BCUT2D eigenvalue weighted by Crippen LogP contribution is 2.12. The summed E-state index contributed by atoms with van der Waals surface area (Å²) in [7, 11) is -1.08. The lowest BCUT2D eigenvalue weighted by Gasteiger charge is -1.99. The van der Waals surface area contributed by atoms with Crippen molar-refractivity contribution < 1.29 is 4.21 Å². The third-order valence-corrected chi connectivity index (χ3v) is 3.98. The Morgan fingerprint density at radius 1 is 1.10 bits per heavy atom. The first-order chi connectivity index (χ1) is 9.67. The molecule has 0 saturated heterocycles. The maximum atomic E-state index is 11.9. The van der Waals surface area contributed by atoms with Crippen LogP contribution in [0.5, 0.6) is 0 Å². The molecule has 2 aromatic carbocycles. The molecule has 0 fully saturated rings. The van der Waals surface area contributed by atoms with Crippen molar-refractivity contribution in [3.05, 3.63) is 75.7 Å². The van der Waals surface area contributed by atoms with Gasteiger partial charge in [0, 0.05) is 10.4 Å². The van der Waals surface area contributed by atoms with Gasteiger partial charge < -0.3 is 0 Å². The number of nitrogens with zero attached hydrogens (tertiary/aromatic N) is 1. The Morgan fingerprint density at radius 2 is 1.75 bits per heavy atom. The fourth-order valence-corrected chi connectivity index (χ4v) is 2.67. The van der Waals surface area contributed by atoms with Gasteiger partial charge in [-0.05, 0) is 41.5 Å². The smallest absolute Gasteiger partial charge is 0.0991 e. The Labute approximate surface area is 125 Å². The van der Waals surface area contributed by atoms with Gasteiger partial charge in [-0.15, -0.1) is 0 Å². The Balaban J connectivity index is 1.98. The van der Waals surface area contributed by atoms with E-state index in [0.29, 0.717) is 16.3 Å². The third-order valence-electron chi connectivity index (χ3n) is 2.67. The minimum Gasteiger partial charge on any atom is -0.255 e. The Morgan fingerprint density at radius 3 is 2.35 bits per heavy atom. The van der Waals surface area contributed by atoms with Gasteiger partial charge in [-0.2, -0.15) is 5.26 Å². The van der Waals surface area contributed by atoms with Crippen molar-refractivity contribution in [2.24, 2.45) is 0 Å². The lowest BCUT2D eigenvalue weighted by atomic mass is 10.2. The maximum absolute atomic E-state index is 11.9. The molecule has 0 heterocycles. The molecular formula is C16H12ClNOS. The van der Waals surface area contributed by atoms with Gasteiger partial charge in [-0.3, -0.25) is 4.21 Å². The van der Waals surface area contributed by atoms with Crippen LogP contribution in [-0.2, 0) is 16.6 Å². The summed E-state index contributed by atoms with van der Waals surface area (Å²) in [6.45, 7) is 0. The van der Waals surface area contributed by atoms with Gasteiger partial charge in [0.2, 0.25) is 0 Å². The van der Waals surface area contributed by atoms with Crippen LogP contribution >= 0.6 is 11.6 Å². The molecule has 100 valence electrons. The van der Waals surface area contributed by atoms with E-state index in [2.05, 4.69) is 6.07 Å². The highest BCUT2D eigenvalue weighted by Gasteiger charge is 1.99. The van der Waals surface area contributed by atoms with Crippen LogP contribution < -0.4 is 0 Å². The van der Waals surface area contributed by atoms with E-state index >= 15 is 0 Å². The molecule has 0 bridgehead atoms. The molecule has 0 aliphatic rings. The van der Waals surface area contributed by atoms with E-state index in [0.717, 1.165) is 11.1 Å². The molecule has 1 atom stereocenters. The summed E-state index contributed by atoms with van der Waals surface area (Å²) in [5.41, 5.74) is 2.52. The standard InChI is InChI=1S/C16H12ClNOS/c17-16-7-5-13(6-8-16)9-10-20(19)12-15-3-1-14(11-18)2-4-15/h1-10H,12H2. The van der Waals surface area contributed by atoms with Crippen molar-refractivity contribution in [1.82, 2.24) is 0 Å². The van der Waals surface area contributed by atoms with Crippen LogP contribution in [0.2, 0.25) is 5.02 Å². The van der Waals surface area contributed by atoms with E-state index in [1.807, 2.05) is 30.3 Å². The Hall–Kier alpha value is -1.89. The second-order valence-corrected chi connectivity index (χ2v) is 5.95. The molecule has 2 nitrogen and oxygen atoms in total. The fraction of sp³-hybridized carbons (Fsp3) is 0.0625. The summed E-state index contributed by atoms with van der Waals surface area (Å²) in [6.07, 6.45) is 1.82. The molecule has 2 rings (SSSR count). The molecule has 0 amide bonds. The highest BCUT2D eigenvalue weighted by molar-refractivity contribution is 7.87. The lowest BCUT2D eigenvalue weighted by Crippen LogP contribution is -1.91. The van der Waals surface area contributed by atoms with Crippen LogP contribution in [0.1, 0.15) is 16.7 Å². The highest BCUT2D eigenvalue weighted by atomic mass is 35.5. The monoisotopic (exact) mass is 301 g/mol. The topological polar surface area (TPSA) is 40.9 Å². The molecule has 0 saturated carbocycles. The van der Waals surface area contributed by atoms with E-state index in [-0.39, 0.29) is 0 Å². The van der Waals surface area contributed by atoms with Crippen LogP contribution in [0.25, 0.3) is 6.08 Å².